The van der Waals surface area contributed by atoms with Gasteiger partial charge in [-0.25, -0.2) is 4.39 Å². The highest BCUT2D eigenvalue weighted by Crippen LogP contribution is 2.10. The van der Waals surface area contributed by atoms with E-state index < -0.39 is 0 Å². The van der Waals surface area contributed by atoms with Crippen molar-refractivity contribution in [1.82, 2.24) is 9.88 Å². The quantitative estimate of drug-likeness (QED) is 0.639. The van der Waals surface area contributed by atoms with Crippen LogP contribution in [0.15, 0.2) is 42.6 Å². The van der Waals surface area contributed by atoms with Crippen molar-refractivity contribution in [3.8, 4) is 0 Å². The van der Waals surface area contributed by atoms with E-state index in [4.69, 9.17) is 5.84 Å². The van der Waals surface area contributed by atoms with E-state index in [1.807, 2.05) is 19.2 Å². The first-order valence-electron chi connectivity index (χ1n) is 6.02. The van der Waals surface area contributed by atoms with Gasteiger partial charge in [0.2, 0.25) is 0 Å². The minimum absolute atomic E-state index is 0.213. The van der Waals surface area contributed by atoms with Crippen LogP contribution in [0.1, 0.15) is 11.3 Å². The summed E-state index contributed by atoms with van der Waals surface area (Å²) in [6.45, 7) is 1.44. The summed E-state index contributed by atoms with van der Waals surface area (Å²) in [4.78, 5) is 6.39. The van der Waals surface area contributed by atoms with Crippen LogP contribution in [0.25, 0.3) is 0 Å². The number of anilines is 1. The molecule has 0 bridgehead atoms. The van der Waals surface area contributed by atoms with E-state index >= 15 is 0 Å². The molecular weight excluding hydrogens is 243 g/mol. The lowest BCUT2D eigenvalue weighted by Crippen LogP contribution is -2.18. The van der Waals surface area contributed by atoms with Gasteiger partial charge in [0.05, 0.1) is 11.4 Å². The molecule has 3 N–H and O–H groups in total. The fraction of sp³-hybridized carbons (Fsp3) is 0.214. The van der Waals surface area contributed by atoms with Gasteiger partial charge in [-0.15, -0.1) is 0 Å². The molecule has 0 atom stereocenters. The van der Waals surface area contributed by atoms with Crippen LogP contribution in [0.3, 0.4) is 0 Å². The smallest absolute Gasteiger partial charge is 0.123 e. The van der Waals surface area contributed by atoms with Crippen molar-refractivity contribution in [3.63, 3.8) is 0 Å². The number of pyridine rings is 1. The number of hydrogen-bond donors (Lipinski definition) is 2. The van der Waals surface area contributed by atoms with E-state index in [2.05, 4.69) is 15.3 Å². The molecule has 0 saturated heterocycles. The second-order valence-electron chi connectivity index (χ2n) is 4.48. The van der Waals surface area contributed by atoms with Gasteiger partial charge < -0.3 is 5.43 Å². The molecule has 4 nitrogen and oxygen atoms in total. The van der Waals surface area contributed by atoms with Crippen LogP contribution in [0.4, 0.5) is 10.1 Å². The van der Waals surface area contributed by atoms with Crippen molar-refractivity contribution in [1.29, 1.82) is 0 Å². The highest BCUT2D eigenvalue weighted by atomic mass is 19.1. The lowest BCUT2D eigenvalue weighted by molar-refractivity contribution is 0.315. The molecule has 1 heterocycles. The lowest BCUT2D eigenvalue weighted by Gasteiger charge is -2.16. The third-order valence-electron chi connectivity index (χ3n) is 2.78. The van der Waals surface area contributed by atoms with Crippen LogP contribution in [0.5, 0.6) is 0 Å². The van der Waals surface area contributed by atoms with Crippen LogP contribution < -0.4 is 11.3 Å². The number of rotatable bonds is 5. The fourth-order valence-electron chi connectivity index (χ4n) is 1.89. The minimum Gasteiger partial charge on any atom is -0.324 e. The molecule has 0 aliphatic rings. The van der Waals surface area contributed by atoms with Gasteiger partial charge in [0.15, 0.2) is 0 Å². The molecule has 1 aromatic carbocycles. The summed E-state index contributed by atoms with van der Waals surface area (Å²) in [5.41, 5.74) is 5.43. The first-order valence-corrected chi connectivity index (χ1v) is 6.02. The SMILES string of the molecule is CN(Cc1ccc(F)cc1)Cc1cc(NN)ccn1. The normalized spacial score (nSPS) is 10.7. The van der Waals surface area contributed by atoms with Crippen molar-refractivity contribution < 1.29 is 4.39 Å². The molecule has 0 aliphatic carbocycles. The molecule has 0 aliphatic heterocycles. The zero-order valence-corrected chi connectivity index (χ0v) is 10.8. The van der Waals surface area contributed by atoms with Crippen LogP contribution in [0, 0.1) is 5.82 Å². The minimum atomic E-state index is -0.213. The zero-order chi connectivity index (χ0) is 13.7. The molecule has 0 unspecified atom stereocenters. The van der Waals surface area contributed by atoms with Gasteiger partial charge in [-0.2, -0.15) is 0 Å². The van der Waals surface area contributed by atoms with Crippen LogP contribution >= 0.6 is 0 Å². The van der Waals surface area contributed by atoms with Crippen LogP contribution in [-0.4, -0.2) is 16.9 Å². The fourth-order valence-corrected chi connectivity index (χ4v) is 1.89. The highest BCUT2D eigenvalue weighted by molar-refractivity contribution is 5.41. The van der Waals surface area contributed by atoms with Crippen molar-refractivity contribution in [2.45, 2.75) is 13.1 Å². The maximum absolute atomic E-state index is 12.8. The Morgan fingerprint density at radius 1 is 1.21 bits per heavy atom. The largest absolute Gasteiger partial charge is 0.324 e. The predicted molar refractivity (Wildman–Crippen MR) is 73.6 cm³/mol. The highest BCUT2D eigenvalue weighted by Gasteiger charge is 2.04. The number of aromatic nitrogens is 1. The van der Waals surface area contributed by atoms with Crippen molar-refractivity contribution in [2.24, 2.45) is 5.84 Å². The summed E-state index contributed by atoms with van der Waals surface area (Å²) < 4.78 is 12.8. The van der Waals surface area contributed by atoms with E-state index in [1.54, 1.807) is 18.3 Å². The topological polar surface area (TPSA) is 54.2 Å². The van der Waals surface area contributed by atoms with E-state index in [1.165, 1.54) is 12.1 Å². The third kappa shape index (κ3) is 4.01. The van der Waals surface area contributed by atoms with Crippen molar-refractivity contribution in [2.75, 3.05) is 12.5 Å². The van der Waals surface area contributed by atoms with Gasteiger partial charge in [-0.3, -0.25) is 15.7 Å². The summed E-state index contributed by atoms with van der Waals surface area (Å²) in [5, 5.41) is 0. The van der Waals surface area contributed by atoms with Gasteiger partial charge in [-0.05, 0) is 36.9 Å². The summed E-state index contributed by atoms with van der Waals surface area (Å²) in [7, 11) is 1.99. The average molecular weight is 260 g/mol. The number of benzene rings is 1. The zero-order valence-electron chi connectivity index (χ0n) is 10.8. The third-order valence-corrected chi connectivity index (χ3v) is 2.78. The molecule has 100 valence electrons. The summed E-state index contributed by atoms with van der Waals surface area (Å²) >= 11 is 0. The second kappa shape index (κ2) is 6.26. The molecule has 2 aromatic rings. The molecule has 1 aromatic heterocycles. The number of nitrogens with two attached hydrogens (primary N) is 1. The molecule has 0 radical (unpaired) electrons. The number of hydrazine groups is 1. The Morgan fingerprint density at radius 3 is 2.63 bits per heavy atom. The number of nitrogens with zero attached hydrogens (tertiary/aromatic N) is 2. The molecule has 0 spiro atoms. The first kappa shape index (κ1) is 13.5. The summed E-state index contributed by atoms with van der Waals surface area (Å²) in [6, 6.07) is 10.2. The molecule has 5 heteroatoms. The molecule has 2 rings (SSSR count). The van der Waals surface area contributed by atoms with Crippen LogP contribution in [0.2, 0.25) is 0 Å². The van der Waals surface area contributed by atoms with Gasteiger partial charge in [0.1, 0.15) is 5.82 Å². The monoisotopic (exact) mass is 260 g/mol. The number of halogens is 1. The van der Waals surface area contributed by atoms with Gasteiger partial charge in [-0.1, -0.05) is 12.1 Å². The number of nitrogen functional groups attached to an aromatic ring is 1. The number of hydrogen-bond acceptors (Lipinski definition) is 4. The Morgan fingerprint density at radius 2 is 1.95 bits per heavy atom. The molecule has 0 amide bonds. The molecular formula is C14H17FN4. The van der Waals surface area contributed by atoms with Crippen molar-refractivity contribution in [3.05, 3.63) is 59.7 Å². The Bertz CT molecular complexity index is 527. The van der Waals surface area contributed by atoms with Gasteiger partial charge in [0.25, 0.3) is 0 Å². The maximum atomic E-state index is 12.8. The second-order valence-corrected chi connectivity index (χ2v) is 4.48. The van der Waals surface area contributed by atoms with Gasteiger partial charge in [0, 0.05) is 19.3 Å². The maximum Gasteiger partial charge on any atom is 0.123 e. The van der Waals surface area contributed by atoms with E-state index in [9.17, 15) is 4.39 Å². The van der Waals surface area contributed by atoms with E-state index in [0.717, 1.165) is 23.5 Å². The Balaban J connectivity index is 1.96. The lowest BCUT2D eigenvalue weighted by atomic mass is 10.2. The summed E-state index contributed by atoms with van der Waals surface area (Å²) in [6.07, 6.45) is 1.72. The van der Waals surface area contributed by atoms with E-state index in [-0.39, 0.29) is 5.82 Å². The Labute approximate surface area is 112 Å². The molecule has 0 fully saturated rings. The van der Waals surface area contributed by atoms with E-state index in [0.29, 0.717) is 6.54 Å². The Hall–Kier alpha value is -1.98. The number of nitrogens with one attached hydrogen (secondary N) is 1. The van der Waals surface area contributed by atoms with Gasteiger partial charge >= 0.3 is 0 Å². The predicted octanol–water partition coefficient (Wildman–Crippen LogP) is 2.14. The van der Waals surface area contributed by atoms with Crippen LogP contribution in [-0.2, 0) is 13.1 Å². The van der Waals surface area contributed by atoms with Crippen molar-refractivity contribution >= 4 is 5.69 Å². The Kier molecular flexibility index (Phi) is 4.43. The molecule has 0 saturated carbocycles. The molecule has 19 heavy (non-hydrogen) atoms. The standard InChI is InChI=1S/C14H17FN4/c1-19(9-11-2-4-12(15)5-3-11)10-14-8-13(18-16)6-7-17-14/h2-8H,9-10,16H2,1H3,(H,17,18). The summed E-state index contributed by atoms with van der Waals surface area (Å²) in [5.74, 6) is 5.15. The first-order chi connectivity index (χ1) is 9.17. The average Bonchev–Trinajstić information content (AvgIpc) is 2.41.